The summed E-state index contributed by atoms with van der Waals surface area (Å²) in [6.07, 6.45) is 2.20. The molecule has 1 aromatic rings. The molecule has 2 heteroatoms. The van der Waals surface area contributed by atoms with Gasteiger partial charge in [-0.05, 0) is 31.2 Å². The van der Waals surface area contributed by atoms with Crippen LogP contribution in [0.5, 0.6) is 0 Å². The molecule has 1 rings (SSSR count). The predicted octanol–water partition coefficient (Wildman–Crippen LogP) is 3.46. The van der Waals surface area contributed by atoms with Gasteiger partial charge in [0, 0.05) is 11.0 Å². The van der Waals surface area contributed by atoms with Gasteiger partial charge < -0.3 is 5.32 Å². The second-order valence-corrected chi connectivity index (χ2v) is 4.24. The molecule has 76 valence electrons. The van der Waals surface area contributed by atoms with Gasteiger partial charge in [-0.15, -0.1) is 0 Å². The van der Waals surface area contributed by atoms with Crippen molar-refractivity contribution in [2.24, 2.45) is 0 Å². The number of halogens is 1. The van der Waals surface area contributed by atoms with Crippen molar-refractivity contribution in [2.45, 2.75) is 13.8 Å². The van der Waals surface area contributed by atoms with E-state index in [1.54, 1.807) is 0 Å². The fourth-order valence-electron chi connectivity index (χ4n) is 1.22. The van der Waals surface area contributed by atoms with Crippen LogP contribution in [0, 0.1) is 0 Å². The minimum atomic E-state index is 0.965. The van der Waals surface area contributed by atoms with Crippen LogP contribution in [-0.4, -0.2) is 13.1 Å². The summed E-state index contributed by atoms with van der Waals surface area (Å²) < 4.78 is 1.12. The Kier molecular flexibility index (Phi) is 4.91. The number of likely N-dealkylation sites (N-methyl/N-ethyl adjacent to an activating group) is 1. The molecule has 0 saturated carbocycles. The fourth-order valence-corrected chi connectivity index (χ4v) is 1.48. The summed E-state index contributed by atoms with van der Waals surface area (Å²) in [5.41, 5.74) is 2.61. The van der Waals surface area contributed by atoms with Crippen LogP contribution in [0.3, 0.4) is 0 Å². The number of hydrogen-bond acceptors (Lipinski definition) is 1. The Morgan fingerprint density at radius 1 is 1.36 bits per heavy atom. The maximum Gasteiger partial charge on any atom is 0.0175 e. The van der Waals surface area contributed by atoms with E-state index >= 15 is 0 Å². The molecule has 0 amide bonds. The molecule has 0 saturated heterocycles. The van der Waals surface area contributed by atoms with Crippen molar-refractivity contribution in [3.05, 3.63) is 39.9 Å². The van der Waals surface area contributed by atoms with E-state index in [4.69, 9.17) is 0 Å². The highest BCUT2D eigenvalue weighted by Crippen LogP contribution is 2.12. The van der Waals surface area contributed by atoms with Gasteiger partial charge in [0.05, 0.1) is 0 Å². The van der Waals surface area contributed by atoms with E-state index < -0.39 is 0 Å². The zero-order chi connectivity index (χ0) is 10.4. The molecule has 0 heterocycles. The van der Waals surface area contributed by atoms with Gasteiger partial charge in [-0.2, -0.15) is 0 Å². The van der Waals surface area contributed by atoms with E-state index in [0.717, 1.165) is 17.6 Å². The normalized spacial score (nSPS) is 11.8. The van der Waals surface area contributed by atoms with Crippen molar-refractivity contribution in [2.75, 3.05) is 13.1 Å². The van der Waals surface area contributed by atoms with Crippen LogP contribution in [0.1, 0.15) is 19.4 Å². The maximum absolute atomic E-state index is 3.42. The van der Waals surface area contributed by atoms with E-state index in [0.29, 0.717) is 0 Å². The van der Waals surface area contributed by atoms with Gasteiger partial charge in [0.1, 0.15) is 0 Å². The number of benzene rings is 1. The van der Waals surface area contributed by atoms with Crippen LogP contribution in [0.4, 0.5) is 0 Å². The molecule has 0 fully saturated rings. The third-order valence-corrected chi connectivity index (χ3v) is 2.47. The first kappa shape index (κ1) is 11.5. The van der Waals surface area contributed by atoms with Crippen LogP contribution in [0.15, 0.2) is 34.3 Å². The van der Waals surface area contributed by atoms with E-state index in [2.05, 4.69) is 65.4 Å². The maximum atomic E-state index is 3.42. The van der Waals surface area contributed by atoms with Crippen LogP contribution in [0.25, 0.3) is 6.08 Å². The van der Waals surface area contributed by atoms with Crippen molar-refractivity contribution < 1.29 is 0 Å². The Morgan fingerprint density at radius 3 is 2.57 bits per heavy atom. The molecule has 0 aliphatic carbocycles. The molecule has 1 aromatic carbocycles. The van der Waals surface area contributed by atoms with Crippen molar-refractivity contribution >= 4 is 22.0 Å². The first-order valence-corrected chi connectivity index (χ1v) is 5.65. The van der Waals surface area contributed by atoms with E-state index in [1.165, 1.54) is 11.1 Å². The summed E-state index contributed by atoms with van der Waals surface area (Å²) in [5.74, 6) is 0. The second kappa shape index (κ2) is 5.99. The molecule has 0 aliphatic rings. The third-order valence-electron chi connectivity index (χ3n) is 1.94. The lowest BCUT2D eigenvalue weighted by Crippen LogP contribution is -2.14. The molecular formula is C12H16BrN. The minimum absolute atomic E-state index is 0.965. The smallest absolute Gasteiger partial charge is 0.0175 e. The molecule has 0 spiro atoms. The Hall–Kier alpha value is -0.600. The monoisotopic (exact) mass is 253 g/mol. The lowest BCUT2D eigenvalue weighted by molar-refractivity contribution is 0.778. The van der Waals surface area contributed by atoms with Crippen LogP contribution in [0.2, 0.25) is 0 Å². The largest absolute Gasteiger partial charge is 0.313 e. The van der Waals surface area contributed by atoms with Gasteiger partial charge in [-0.1, -0.05) is 46.6 Å². The molecule has 0 radical (unpaired) electrons. The Labute approximate surface area is 94.3 Å². The van der Waals surface area contributed by atoms with Gasteiger partial charge in [0.25, 0.3) is 0 Å². The summed E-state index contributed by atoms with van der Waals surface area (Å²) >= 11 is 3.42. The molecule has 14 heavy (non-hydrogen) atoms. The van der Waals surface area contributed by atoms with E-state index in [9.17, 15) is 0 Å². The quantitative estimate of drug-likeness (QED) is 0.867. The summed E-state index contributed by atoms with van der Waals surface area (Å²) in [5, 5.41) is 3.30. The standard InChI is InChI=1S/C12H16BrN/c1-3-14-9-10(2)8-11-4-6-12(13)7-5-11/h4-8,14H,3,9H2,1-2H3. The molecule has 0 aliphatic heterocycles. The minimum Gasteiger partial charge on any atom is -0.313 e. The first-order chi connectivity index (χ1) is 6.72. The topological polar surface area (TPSA) is 12.0 Å². The van der Waals surface area contributed by atoms with Crippen LogP contribution >= 0.6 is 15.9 Å². The molecule has 0 bridgehead atoms. The highest BCUT2D eigenvalue weighted by atomic mass is 79.9. The van der Waals surface area contributed by atoms with Gasteiger partial charge in [-0.3, -0.25) is 0 Å². The summed E-state index contributed by atoms with van der Waals surface area (Å²) in [6, 6.07) is 8.35. The Bertz CT molecular complexity index is 301. The highest BCUT2D eigenvalue weighted by molar-refractivity contribution is 9.10. The van der Waals surface area contributed by atoms with Crippen molar-refractivity contribution in [1.29, 1.82) is 0 Å². The molecule has 0 aromatic heterocycles. The van der Waals surface area contributed by atoms with Gasteiger partial charge >= 0.3 is 0 Å². The number of rotatable bonds is 4. The molecule has 1 nitrogen and oxygen atoms in total. The van der Waals surface area contributed by atoms with E-state index in [-0.39, 0.29) is 0 Å². The molecule has 1 N–H and O–H groups in total. The van der Waals surface area contributed by atoms with Crippen LogP contribution in [-0.2, 0) is 0 Å². The SMILES string of the molecule is CCNCC(C)=Cc1ccc(Br)cc1. The van der Waals surface area contributed by atoms with Gasteiger partial charge in [0.15, 0.2) is 0 Å². The molecule has 0 unspecified atom stereocenters. The number of nitrogens with one attached hydrogen (secondary N) is 1. The Morgan fingerprint density at radius 2 is 2.00 bits per heavy atom. The summed E-state index contributed by atoms with van der Waals surface area (Å²) in [7, 11) is 0. The molecular weight excluding hydrogens is 238 g/mol. The van der Waals surface area contributed by atoms with Crippen molar-refractivity contribution in [3.8, 4) is 0 Å². The summed E-state index contributed by atoms with van der Waals surface area (Å²) in [4.78, 5) is 0. The third kappa shape index (κ3) is 4.07. The van der Waals surface area contributed by atoms with Gasteiger partial charge in [0.2, 0.25) is 0 Å². The zero-order valence-electron chi connectivity index (χ0n) is 8.68. The summed E-state index contributed by atoms with van der Waals surface area (Å²) in [6.45, 7) is 6.25. The average Bonchev–Trinajstić information content (AvgIpc) is 2.18. The predicted molar refractivity (Wildman–Crippen MR) is 66.3 cm³/mol. The zero-order valence-corrected chi connectivity index (χ0v) is 10.3. The first-order valence-electron chi connectivity index (χ1n) is 4.86. The van der Waals surface area contributed by atoms with Crippen molar-refractivity contribution in [3.63, 3.8) is 0 Å². The fraction of sp³-hybridized carbons (Fsp3) is 0.333. The lowest BCUT2D eigenvalue weighted by atomic mass is 10.1. The lowest BCUT2D eigenvalue weighted by Gasteiger charge is -2.02. The van der Waals surface area contributed by atoms with Crippen LogP contribution < -0.4 is 5.32 Å². The van der Waals surface area contributed by atoms with Crippen molar-refractivity contribution in [1.82, 2.24) is 5.32 Å². The second-order valence-electron chi connectivity index (χ2n) is 3.32. The highest BCUT2D eigenvalue weighted by Gasteiger charge is 1.91. The van der Waals surface area contributed by atoms with Gasteiger partial charge in [-0.25, -0.2) is 0 Å². The number of hydrogen-bond donors (Lipinski definition) is 1. The average molecular weight is 254 g/mol. The molecule has 0 atom stereocenters. The van der Waals surface area contributed by atoms with E-state index in [1.807, 2.05) is 0 Å². The Balaban J connectivity index is 2.61.